The Kier molecular flexibility index (Phi) is 4.99. The van der Waals surface area contributed by atoms with Crippen LogP contribution in [-0.4, -0.2) is 37.3 Å². The van der Waals surface area contributed by atoms with Crippen molar-refractivity contribution in [3.63, 3.8) is 0 Å². The van der Waals surface area contributed by atoms with Crippen LogP contribution in [0.5, 0.6) is 0 Å². The van der Waals surface area contributed by atoms with Gasteiger partial charge in [0, 0.05) is 13.1 Å². The van der Waals surface area contributed by atoms with Gasteiger partial charge in [-0.05, 0) is 18.8 Å². The molecule has 1 aromatic heterocycles. The summed E-state index contributed by atoms with van der Waals surface area (Å²) in [4.78, 5) is 4.72. The fraction of sp³-hybridized carbons (Fsp3) is 0.583. The van der Waals surface area contributed by atoms with Gasteiger partial charge in [0.1, 0.15) is 0 Å². The van der Waals surface area contributed by atoms with E-state index >= 15 is 0 Å². The van der Waals surface area contributed by atoms with Crippen LogP contribution in [0.3, 0.4) is 0 Å². The molecule has 0 aliphatic carbocycles. The number of hydrogen-bond donors (Lipinski definition) is 2. The number of nitrogens with zero attached hydrogens (tertiary/aromatic N) is 2. The van der Waals surface area contributed by atoms with Crippen molar-refractivity contribution in [2.45, 2.75) is 19.8 Å². The van der Waals surface area contributed by atoms with E-state index in [0.717, 1.165) is 12.8 Å². The summed E-state index contributed by atoms with van der Waals surface area (Å²) >= 11 is 1.21. The van der Waals surface area contributed by atoms with Crippen LogP contribution in [0.4, 0.5) is 5.13 Å². The third-order valence-electron chi connectivity index (χ3n) is 3.12. The molecule has 1 aromatic rings. The molecule has 2 heterocycles. The molecule has 0 unspecified atom stereocenters. The van der Waals surface area contributed by atoms with Gasteiger partial charge in [0.15, 0.2) is 5.13 Å². The van der Waals surface area contributed by atoms with E-state index in [9.17, 15) is 8.42 Å². The second-order valence-electron chi connectivity index (χ2n) is 4.72. The summed E-state index contributed by atoms with van der Waals surface area (Å²) in [5, 5.41) is 0.338. The van der Waals surface area contributed by atoms with Gasteiger partial charge in [-0.1, -0.05) is 30.1 Å². The predicted octanol–water partition coefficient (Wildman–Crippen LogP) is 0.842. The number of rotatable bonds is 3. The van der Waals surface area contributed by atoms with Gasteiger partial charge in [-0.3, -0.25) is 0 Å². The van der Waals surface area contributed by atoms with Gasteiger partial charge in [-0.25, -0.2) is 9.71 Å². The Bertz CT molecular complexity index is 607. The fourth-order valence-electron chi connectivity index (χ4n) is 1.92. The molecular formula is C12H18N4O2S2. The lowest BCUT2D eigenvalue weighted by atomic mass is 10.0. The molecule has 2 rings (SSSR count). The quantitative estimate of drug-likeness (QED) is 0.809. The largest absolute Gasteiger partial charge is 0.320 e. The maximum atomic E-state index is 12.2. The predicted molar refractivity (Wildman–Crippen MR) is 80.6 cm³/mol. The standard InChI is InChI=1S/C12H18N4O2S2/c1-10-4-7-16(8-5-10)20(17,18)15-12-14-9-11(19-12)3-2-6-13/h9-10H,4-8,13H2,1H3,(H,14,15). The molecule has 0 radical (unpaired) electrons. The van der Waals surface area contributed by atoms with Crippen LogP contribution >= 0.6 is 11.3 Å². The lowest BCUT2D eigenvalue weighted by molar-refractivity contribution is 0.289. The van der Waals surface area contributed by atoms with Crippen LogP contribution in [-0.2, 0) is 10.2 Å². The van der Waals surface area contributed by atoms with E-state index in [0.29, 0.717) is 29.0 Å². The van der Waals surface area contributed by atoms with Gasteiger partial charge < -0.3 is 5.73 Å². The molecule has 8 heteroatoms. The summed E-state index contributed by atoms with van der Waals surface area (Å²) in [6.45, 7) is 3.52. The maximum absolute atomic E-state index is 12.2. The van der Waals surface area contributed by atoms with Crippen molar-refractivity contribution in [3.8, 4) is 11.8 Å². The van der Waals surface area contributed by atoms with Crippen LogP contribution in [0.2, 0.25) is 0 Å². The highest BCUT2D eigenvalue weighted by Crippen LogP contribution is 2.22. The van der Waals surface area contributed by atoms with E-state index in [1.807, 2.05) is 0 Å². The Morgan fingerprint density at radius 2 is 2.25 bits per heavy atom. The van der Waals surface area contributed by atoms with Crippen molar-refractivity contribution < 1.29 is 8.42 Å². The van der Waals surface area contributed by atoms with E-state index in [2.05, 4.69) is 28.5 Å². The highest BCUT2D eigenvalue weighted by molar-refractivity contribution is 7.90. The van der Waals surface area contributed by atoms with Crippen molar-refractivity contribution in [2.75, 3.05) is 24.4 Å². The van der Waals surface area contributed by atoms with E-state index in [4.69, 9.17) is 5.73 Å². The third kappa shape index (κ3) is 3.93. The second-order valence-corrected chi connectivity index (χ2v) is 7.43. The Morgan fingerprint density at radius 1 is 1.55 bits per heavy atom. The smallest absolute Gasteiger partial charge is 0.303 e. The van der Waals surface area contributed by atoms with Crippen molar-refractivity contribution in [2.24, 2.45) is 11.7 Å². The molecular weight excluding hydrogens is 296 g/mol. The molecule has 0 saturated carbocycles. The fourth-order valence-corrected chi connectivity index (χ4v) is 4.04. The Hall–Kier alpha value is -1.14. The van der Waals surface area contributed by atoms with Gasteiger partial charge in [0.05, 0.1) is 17.6 Å². The van der Waals surface area contributed by atoms with Crippen LogP contribution in [0.1, 0.15) is 24.6 Å². The van der Waals surface area contributed by atoms with Gasteiger partial charge in [0.2, 0.25) is 0 Å². The normalized spacial score (nSPS) is 17.5. The van der Waals surface area contributed by atoms with E-state index in [1.165, 1.54) is 15.6 Å². The molecule has 0 amide bonds. The van der Waals surface area contributed by atoms with E-state index in [-0.39, 0.29) is 6.54 Å². The zero-order valence-electron chi connectivity index (χ0n) is 11.3. The molecule has 20 heavy (non-hydrogen) atoms. The number of thiazole rings is 1. The van der Waals surface area contributed by atoms with Crippen molar-refractivity contribution in [1.29, 1.82) is 0 Å². The van der Waals surface area contributed by atoms with Crippen molar-refractivity contribution in [1.82, 2.24) is 9.29 Å². The monoisotopic (exact) mass is 314 g/mol. The summed E-state index contributed by atoms with van der Waals surface area (Å²) in [7, 11) is -3.51. The minimum absolute atomic E-state index is 0.269. The Morgan fingerprint density at radius 3 is 2.90 bits per heavy atom. The number of nitrogens with one attached hydrogen (secondary N) is 1. The molecule has 0 aromatic carbocycles. The van der Waals surface area contributed by atoms with Gasteiger partial charge in [-0.15, -0.1) is 0 Å². The Labute approximate surface area is 123 Å². The van der Waals surface area contributed by atoms with E-state index in [1.54, 1.807) is 6.20 Å². The minimum atomic E-state index is -3.51. The first-order valence-electron chi connectivity index (χ1n) is 6.44. The molecule has 1 aliphatic heterocycles. The molecule has 1 aliphatic rings. The molecule has 1 saturated heterocycles. The molecule has 1 fully saturated rings. The number of hydrogen-bond acceptors (Lipinski definition) is 5. The molecule has 3 N–H and O–H groups in total. The average molecular weight is 314 g/mol. The summed E-state index contributed by atoms with van der Waals surface area (Å²) in [5.74, 6) is 6.12. The highest BCUT2D eigenvalue weighted by Gasteiger charge is 2.26. The minimum Gasteiger partial charge on any atom is -0.320 e. The van der Waals surface area contributed by atoms with Gasteiger partial charge in [-0.2, -0.15) is 12.7 Å². The molecule has 0 spiro atoms. The Balaban J connectivity index is 2.03. The lowest BCUT2D eigenvalue weighted by Gasteiger charge is -2.29. The second kappa shape index (κ2) is 6.54. The zero-order chi connectivity index (χ0) is 14.6. The topological polar surface area (TPSA) is 88.3 Å². The van der Waals surface area contributed by atoms with Gasteiger partial charge >= 0.3 is 10.2 Å². The van der Waals surface area contributed by atoms with Crippen LogP contribution in [0.15, 0.2) is 6.20 Å². The first kappa shape index (κ1) is 15.3. The summed E-state index contributed by atoms with van der Waals surface area (Å²) in [6.07, 6.45) is 3.33. The number of anilines is 1. The van der Waals surface area contributed by atoms with Crippen molar-refractivity contribution >= 4 is 26.7 Å². The van der Waals surface area contributed by atoms with Crippen LogP contribution in [0, 0.1) is 17.8 Å². The van der Waals surface area contributed by atoms with Crippen LogP contribution in [0.25, 0.3) is 0 Å². The highest BCUT2D eigenvalue weighted by atomic mass is 32.2. The average Bonchev–Trinajstić information content (AvgIpc) is 2.83. The molecule has 0 atom stereocenters. The SMILES string of the molecule is CC1CCN(S(=O)(=O)Nc2ncc(C#CCN)s2)CC1. The molecule has 0 bridgehead atoms. The lowest BCUT2D eigenvalue weighted by Crippen LogP contribution is -2.41. The first-order chi connectivity index (χ1) is 9.51. The summed E-state index contributed by atoms with van der Waals surface area (Å²) < 4.78 is 28.4. The van der Waals surface area contributed by atoms with Crippen molar-refractivity contribution in [3.05, 3.63) is 11.1 Å². The van der Waals surface area contributed by atoms with E-state index < -0.39 is 10.2 Å². The first-order valence-corrected chi connectivity index (χ1v) is 8.69. The van der Waals surface area contributed by atoms with Crippen LogP contribution < -0.4 is 10.5 Å². The maximum Gasteiger partial charge on any atom is 0.303 e. The number of aromatic nitrogens is 1. The summed E-state index contributed by atoms with van der Waals surface area (Å²) in [6, 6.07) is 0. The summed E-state index contributed by atoms with van der Waals surface area (Å²) in [5.41, 5.74) is 5.29. The van der Waals surface area contributed by atoms with Gasteiger partial charge in [0.25, 0.3) is 0 Å². The zero-order valence-corrected chi connectivity index (χ0v) is 12.9. The number of piperidine rings is 1. The molecule has 110 valence electrons. The molecule has 6 nitrogen and oxygen atoms in total. The number of nitrogens with two attached hydrogens (primary N) is 1. The third-order valence-corrected chi connectivity index (χ3v) is 5.57.